The fourth-order valence-corrected chi connectivity index (χ4v) is 9.42. The van der Waals surface area contributed by atoms with Crippen molar-refractivity contribution in [3.05, 3.63) is 29.8 Å². The Morgan fingerprint density at radius 3 is 1.89 bits per heavy atom. The molecule has 0 spiro atoms. The lowest BCUT2D eigenvalue weighted by Gasteiger charge is -2.38. The number of carbonyl (C=O) groups excluding carboxylic acids is 10. The van der Waals surface area contributed by atoms with E-state index in [1.54, 1.807) is 0 Å². The number of phenolic OH excluding ortho intramolecular Hbond substituents is 1. The summed E-state index contributed by atoms with van der Waals surface area (Å²) in [5.41, 5.74) is 11.1. The minimum absolute atomic E-state index is 0.00642. The van der Waals surface area contributed by atoms with E-state index in [-0.39, 0.29) is 43.7 Å². The zero-order valence-electron chi connectivity index (χ0n) is 49.2. The second kappa shape index (κ2) is 39.7. The number of rotatable bonds is 28. The first kappa shape index (κ1) is 75.1. The molecule has 0 radical (unpaired) electrons. The lowest BCUT2D eigenvalue weighted by molar-refractivity contribution is -0.293. The molecule has 10 amide bonds. The van der Waals surface area contributed by atoms with Crippen LogP contribution in [0, 0.1) is 12.3 Å². The highest BCUT2D eigenvalue weighted by molar-refractivity contribution is 5.99. The predicted octanol–water partition coefficient (Wildman–Crippen LogP) is -7.07. The van der Waals surface area contributed by atoms with Crippen LogP contribution < -0.4 is 59.3 Å². The van der Waals surface area contributed by atoms with Crippen LogP contribution in [0.15, 0.2) is 24.3 Å². The number of unbranched alkanes of at least 4 members (excludes halogenated alkanes) is 8. The van der Waals surface area contributed by atoms with Crippen molar-refractivity contribution < 1.29 is 103 Å². The summed E-state index contributed by atoms with van der Waals surface area (Å²) in [5.74, 6) is -10.1. The van der Waals surface area contributed by atoms with E-state index in [1.165, 1.54) is 12.1 Å². The maximum absolute atomic E-state index is 14.3. The van der Waals surface area contributed by atoms with E-state index in [0.717, 1.165) is 57.1 Å². The molecule has 0 unspecified atom stereocenters. The van der Waals surface area contributed by atoms with E-state index in [0.29, 0.717) is 12.8 Å². The number of phenols is 1. The molecule has 0 aliphatic carbocycles. The number of terminal acetylenes is 1. The number of primary amides is 1. The topological polar surface area (TPSA) is 532 Å². The predicted molar refractivity (Wildman–Crippen MR) is 308 cm³/mol. The summed E-state index contributed by atoms with van der Waals surface area (Å²) in [6.07, 6.45) is -4.88. The van der Waals surface area contributed by atoms with Crippen molar-refractivity contribution in [2.75, 3.05) is 39.5 Å². The highest BCUT2D eigenvalue weighted by atomic mass is 16.7. The van der Waals surface area contributed by atoms with Crippen LogP contribution in [0.4, 0.5) is 0 Å². The highest BCUT2D eigenvalue weighted by Gasteiger charge is 2.42. The molecule has 32 nitrogen and oxygen atoms in total. The van der Waals surface area contributed by atoms with E-state index in [9.17, 15) is 93.9 Å². The third-order valence-corrected chi connectivity index (χ3v) is 14.4. The summed E-state index contributed by atoms with van der Waals surface area (Å²) in [4.78, 5) is 137. The minimum Gasteiger partial charge on any atom is -0.508 e. The number of hydrogen-bond acceptors (Lipinski definition) is 22. The molecular formula is C56H89N11O21. The Labute approximate surface area is 508 Å². The highest BCUT2D eigenvalue weighted by Crippen LogP contribution is 2.25. The van der Waals surface area contributed by atoms with Crippen molar-refractivity contribution >= 4 is 59.1 Å². The second-order valence-electron chi connectivity index (χ2n) is 21.5. The molecule has 2 heterocycles. The summed E-state index contributed by atoms with van der Waals surface area (Å²) in [6.45, 7) is -2.17. The summed E-state index contributed by atoms with van der Waals surface area (Å²) < 4.78 is 11.4. The normalized spacial score (nSPS) is 26.4. The molecule has 88 heavy (non-hydrogen) atoms. The molecule has 32 heteroatoms. The van der Waals surface area contributed by atoms with Crippen molar-refractivity contribution in [2.45, 2.75) is 201 Å². The van der Waals surface area contributed by atoms with E-state index in [2.05, 4.69) is 60.7 Å². The Kier molecular flexibility index (Phi) is 33.9. The molecule has 2 aliphatic rings. The fourth-order valence-electron chi connectivity index (χ4n) is 9.42. The van der Waals surface area contributed by atoms with Gasteiger partial charge >= 0.3 is 0 Å². The Hall–Kier alpha value is -7.16. The van der Waals surface area contributed by atoms with Gasteiger partial charge in [0.05, 0.1) is 51.4 Å². The van der Waals surface area contributed by atoms with Gasteiger partial charge in [-0.25, -0.2) is 0 Å². The molecule has 22 N–H and O–H groups in total. The first-order chi connectivity index (χ1) is 41.9. The molecular weight excluding hydrogens is 1160 g/mol. The summed E-state index contributed by atoms with van der Waals surface area (Å²) in [6, 6.07) is -8.78. The van der Waals surface area contributed by atoms with Crippen molar-refractivity contribution in [2.24, 2.45) is 11.5 Å². The zero-order chi connectivity index (χ0) is 65.5. The van der Waals surface area contributed by atoms with Crippen LogP contribution in [0.25, 0.3) is 0 Å². The van der Waals surface area contributed by atoms with E-state index in [1.807, 2.05) is 0 Å². The lowest BCUT2D eigenvalue weighted by atomic mass is 9.94. The largest absolute Gasteiger partial charge is 0.508 e. The molecule has 0 saturated carbocycles. The monoisotopic (exact) mass is 1250 g/mol. The van der Waals surface area contributed by atoms with Gasteiger partial charge in [0.15, 0.2) is 6.29 Å². The average molecular weight is 1250 g/mol. The maximum atomic E-state index is 14.3. The minimum atomic E-state index is -2.09. The number of aromatic hydroxyl groups is 1. The SMILES string of the molecule is C#CCCNC(=O)C[C@@H]1NC(=O)CNC(=O)[C@@H](CCN)NC(=O)[C@@H]([C@H](O)c2ccc(O)cc2)NC(=O)[C@H](CO)NC(=O)C[C@@H](C[C@@H](O)[C@@H](O)[C@@H](CCCCCCCCCCC)O[C@H]2OC[C@@H](O)[C@H](O)[C@H]2O)NC(=O)[C@H](CC(N)=O)NC(=O)[C@@H](CO)NC1=O. The van der Waals surface area contributed by atoms with Crippen LogP contribution in [0.2, 0.25) is 0 Å². The van der Waals surface area contributed by atoms with Gasteiger partial charge in [-0.15, -0.1) is 12.3 Å². The standard InChI is InChI=1S/C56H89N11O21/c1-3-5-7-8-9-10-11-12-13-14-40(88-56-49(80)48(79)39(72)29-87-56)47(78)38(71)22-31-23-43(75)63-36(27-68)54(85)67-45(46(77)30-15-17-32(70)18-16-30)55(86)64-33(19-20-57)50(81)60-26-44(76)62-35(25-42(74)59-21-6-4-2)52(83)66-37(28-69)53(84)65-34(24-41(58)73)51(82)61-31/h2,15-18,31,33-40,45-49,56,68-72,77-80H,3,5-14,19-29,57H2,1H3,(H2,58,73)(H,59,74)(H,60,81)(H,61,82)(H,62,76)(H,63,75)(H,64,86)(H,65,84)(H,66,83)(H,67,85)/t31-,33-,34+,35+,36+,37-,38-,39-,40-,45-,46-,47-,48+,49-,56-/m1/s1. The third kappa shape index (κ3) is 25.9. The number of nitrogens with two attached hydrogens (primary N) is 2. The second-order valence-corrected chi connectivity index (χ2v) is 21.5. The van der Waals surface area contributed by atoms with Gasteiger partial charge in [-0.2, -0.15) is 0 Å². The van der Waals surface area contributed by atoms with Crippen LogP contribution >= 0.6 is 0 Å². The fraction of sp³-hybridized carbons (Fsp3) is 0.679. The number of aliphatic hydroxyl groups excluding tert-OH is 8. The van der Waals surface area contributed by atoms with Gasteiger partial charge < -0.3 is 115 Å². The molecule has 0 aromatic heterocycles. The molecule has 1 aromatic carbocycles. The van der Waals surface area contributed by atoms with Crippen LogP contribution in [-0.2, 0) is 57.4 Å². The first-order valence-corrected chi connectivity index (χ1v) is 29.3. The van der Waals surface area contributed by atoms with E-state index in [4.69, 9.17) is 27.4 Å². The van der Waals surface area contributed by atoms with Crippen LogP contribution in [0.3, 0.4) is 0 Å². The summed E-state index contributed by atoms with van der Waals surface area (Å²) >= 11 is 0. The van der Waals surface area contributed by atoms with Gasteiger partial charge in [-0.3, -0.25) is 47.9 Å². The molecule has 494 valence electrons. The molecule has 2 aliphatic heterocycles. The average Bonchev–Trinajstić information content (AvgIpc) is 3.54. The molecule has 15 atom stereocenters. The summed E-state index contributed by atoms with van der Waals surface area (Å²) in [7, 11) is 0. The van der Waals surface area contributed by atoms with Crippen molar-refractivity contribution in [3.8, 4) is 18.1 Å². The lowest BCUT2D eigenvalue weighted by Crippen LogP contribution is -2.60. The van der Waals surface area contributed by atoms with Gasteiger partial charge in [-0.1, -0.05) is 76.8 Å². The number of aliphatic hydroxyl groups is 8. The number of nitrogens with one attached hydrogen (secondary N) is 9. The zero-order valence-corrected chi connectivity index (χ0v) is 49.2. The number of carbonyl (C=O) groups is 10. The molecule has 3 rings (SSSR count). The summed E-state index contributed by atoms with van der Waals surface area (Å²) in [5, 5.41) is 118. The molecule has 0 bridgehead atoms. The van der Waals surface area contributed by atoms with Crippen molar-refractivity contribution in [1.82, 2.24) is 47.9 Å². The number of hydrogen-bond donors (Lipinski definition) is 20. The Balaban J connectivity index is 2.15. The van der Waals surface area contributed by atoms with Crippen LogP contribution in [0.5, 0.6) is 5.75 Å². The Morgan fingerprint density at radius 1 is 0.716 bits per heavy atom. The molecule has 2 fully saturated rings. The van der Waals surface area contributed by atoms with Crippen molar-refractivity contribution in [1.29, 1.82) is 0 Å². The van der Waals surface area contributed by atoms with E-state index < -0.39 is 202 Å². The van der Waals surface area contributed by atoms with Crippen LogP contribution in [-0.4, -0.2) is 230 Å². The first-order valence-electron chi connectivity index (χ1n) is 29.3. The smallest absolute Gasteiger partial charge is 0.246 e. The van der Waals surface area contributed by atoms with Gasteiger partial charge in [0.1, 0.15) is 72.5 Å². The maximum Gasteiger partial charge on any atom is 0.246 e. The molecule has 1 aromatic rings. The number of ether oxygens (including phenoxy) is 2. The van der Waals surface area contributed by atoms with Gasteiger partial charge in [0.2, 0.25) is 59.1 Å². The third-order valence-electron chi connectivity index (χ3n) is 14.4. The quantitative estimate of drug-likeness (QED) is 0.0274. The molecule has 2 saturated heterocycles. The number of amides is 10. The van der Waals surface area contributed by atoms with E-state index >= 15 is 0 Å². The Morgan fingerprint density at radius 2 is 1.27 bits per heavy atom. The van der Waals surface area contributed by atoms with Gasteiger partial charge in [0, 0.05) is 25.4 Å². The Bertz CT molecular complexity index is 2470. The van der Waals surface area contributed by atoms with Crippen LogP contribution in [0.1, 0.15) is 121 Å². The van der Waals surface area contributed by atoms with Gasteiger partial charge in [-0.05, 0) is 43.5 Å². The number of benzene rings is 1. The van der Waals surface area contributed by atoms with Gasteiger partial charge in [0.25, 0.3) is 0 Å². The van der Waals surface area contributed by atoms with Crippen molar-refractivity contribution in [3.63, 3.8) is 0 Å².